The van der Waals surface area contributed by atoms with Crippen LogP contribution in [0.4, 0.5) is 0 Å². The molecular weight excluding hydrogens is 300 g/mol. The zero-order chi connectivity index (χ0) is 16.4. The molecule has 22 heavy (non-hydrogen) atoms. The van der Waals surface area contributed by atoms with E-state index in [4.69, 9.17) is 4.74 Å². The first kappa shape index (κ1) is 16.7. The fraction of sp³-hybridized carbons (Fsp3) is 0.562. The number of carbonyl (C=O) groups is 1. The highest BCUT2D eigenvalue weighted by atomic mass is 32.1. The Hall–Kier alpha value is -1.69. The Balaban J connectivity index is 2.46. The lowest BCUT2D eigenvalue weighted by Gasteiger charge is -2.19. The van der Waals surface area contributed by atoms with Crippen molar-refractivity contribution in [3.05, 3.63) is 27.1 Å². The highest BCUT2D eigenvalue weighted by Gasteiger charge is 2.25. The minimum absolute atomic E-state index is 0.166. The lowest BCUT2D eigenvalue weighted by atomic mass is 10.2. The fourth-order valence-electron chi connectivity index (χ4n) is 2.38. The highest BCUT2D eigenvalue weighted by molar-refractivity contribution is 7.18. The number of hydrogen-bond donors (Lipinski definition) is 0. The van der Waals surface area contributed by atoms with Crippen molar-refractivity contribution < 1.29 is 9.53 Å². The lowest BCUT2D eigenvalue weighted by molar-refractivity contribution is -0.149. The molecule has 0 aromatic carbocycles. The number of aryl methyl sites for hydroxylation is 2. The molecule has 5 nitrogen and oxygen atoms in total. The van der Waals surface area contributed by atoms with E-state index in [9.17, 15) is 9.59 Å². The minimum atomic E-state index is -0.622. The maximum Gasteiger partial charge on any atom is 0.329 e. The summed E-state index contributed by atoms with van der Waals surface area (Å²) in [5.41, 5.74) is -0.166. The smallest absolute Gasteiger partial charge is 0.329 e. The van der Waals surface area contributed by atoms with Gasteiger partial charge >= 0.3 is 5.97 Å². The predicted octanol–water partition coefficient (Wildman–Crippen LogP) is 3.23. The van der Waals surface area contributed by atoms with Gasteiger partial charge in [0, 0.05) is 4.88 Å². The number of fused-ring (bicyclic) bond motifs is 1. The van der Waals surface area contributed by atoms with Crippen molar-refractivity contribution in [2.24, 2.45) is 5.92 Å². The normalized spacial score (nSPS) is 12.8. The number of carbonyl (C=O) groups excluding carboxylic acids is 1. The number of hydrogen-bond acceptors (Lipinski definition) is 5. The molecule has 0 spiro atoms. The fourth-order valence-corrected chi connectivity index (χ4v) is 3.30. The third kappa shape index (κ3) is 3.21. The SMILES string of the molecule is CCC(C(=O)OCC(C)C)n1c(C)nc2sc(C)cc2c1=O. The summed E-state index contributed by atoms with van der Waals surface area (Å²) in [7, 11) is 0. The second-order valence-electron chi connectivity index (χ2n) is 5.86. The van der Waals surface area contributed by atoms with Gasteiger partial charge in [0.05, 0.1) is 12.0 Å². The van der Waals surface area contributed by atoms with Crippen LogP contribution in [0, 0.1) is 19.8 Å². The topological polar surface area (TPSA) is 61.2 Å². The van der Waals surface area contributed by atoms with Gasteiger partial charge in [0.15, 0.2) is 0 Å². The average Bonchev–Trinajstić information content (AvgIpc) is 2.81. The molecule has 0 fully saturated rings. The van der Waals surface area contributed by atoms with E-state index in [1.54, 1.807) is 6.92 Å². The number of thiophene rings is 1. The van der Waals surface area contributed by atoms with Gasteiger partial charge in [-0.3, -0.25) is 9.36 Å². The van der Waals surface area contributed by atoms with Crippen LogP contribution < -0.4 is 5.56 Å². The molecule has 0 radical (unpaired) electrons. The molecule has 120 valence electrons. The number of rotatable bonds is 5. The summed E-state index contributed by atoms with van der Waals surface area (Å²) in [6.45, 7) is 9.89. The number of aromatic nitrogens is 2. The molecule has 0 aliphatic heterocycles. The van der Waals surface area contributed by atoms with Crippen molar-refractivity contribution in [1.29, 1.82) is 0 Å². The zero-order valence-electron chi connectivity index (χ0n) is 13.7. The van der Waals surface area contributed by atoms with E-state index in [1.807, 2.05) is 33.8 Å². The number of nitrogens with zero attached hydrogens (tertiary/aromatic N) is 2. The van der Waals surface area contributed by atoms with Crippen LogP contribution in [0.3, 0.4) is 0 Å². The van der Waals surface area contributed by atoms with Gasteiger partial charge in [0.2, 0.25) is 0 Å². The van der Waals surface area contributed by atoms with E-state index in [-0.39, 0.29) is 17.4 Å². The Morgan fingerprint density at radius 2 is 2.09 bits per heavy atom. The van der Waals surface area contributed by atoms with E-state index < -0.39 is 6.04 Å². The summed E-state index contributed by atoms with van der Waals surface area (Å²) in [5.74, 6) is 0.446. The number of esters is 1. The van der Waals surface area contributed by atoms with E-state index in [0.29, 0.717) is 24.2 Å². The minimum Gasteiger partial charge on any atom is -0.464 e. The maximum atomic E-state index is 12.7. The van der Waals surface area contributed by atoms with Gasteiger partial charge in [0.25, 0.3) is 5.56 Å². The van der Waals surface area contributed by atoms with Crippen LogP contribution in [-0.2, 0) is 9.53 Å². The second kappa shape index (κ2) is 6.60. The Morgan fingerprint density at radius 3 is 2.68 bits per heavy atom. The molecule has 0 bridgehead atoms. The number of ether oxygens (including phenoxy) is 1. The van der Waals surface area contributed by atoms with Crippen molar-refractivity contribution in [3.63, 3.8) is 0 Å². The van der Waals surface area contributed by atoms with Crippen LogP contribution in [0.15, 0.2) is 10.9 Å². The largest absolute Gasteiger partial charge is 0.464 e. The summed E-state index contributed by atoms with van der Waals surface area (Å²) < 4.78 is 6.78. The third-order valence-electron chi connectivity index (χ3n) is 3.43. The van der Waals surface area contributed by atoms with E-state index >= 15 is 0 Å². The van der Waals surface area contributed by atoms with Crippen molar-refractivity contribution in [1.82, 2.24) is 9.55 Å². The first-order valence-electron chi connectivity index (χ1n) is 7.51. The van der Waals surface area contributed by atoms with Gasteiger partial charge in [-0.1, -0.05) is 20.8 Å². The molecule has 1 unspecified atom stereocenters. The first-order valence-corrected chi connectivity index (χ1v) is 8.32. The monoisotopic (exact) mass is 322 g/mol. The molecule has 0 aliphatic rings. The molecule has 0 amide bonds. The van der Waals surface area contributed by atoms with E-state index in [2.05, 4.69) is 4.98 Å². The Labute approximate surface area is 133 Å². The molecular formula is C16H22N2O3S. The lowest BCUT2D eigenvalue weighted by Crippen LogP contribution is -2.33. The quantitative estimate of drug-likeness (QED) is 0.793. The van der Waals surface area contributed by atoms with Crippen molar-refractivity contribution in [2.45, 2.75) is 47.1 Å². The second-order valence-corrected chi connectivity index (χ2v) is 7.09. The molecule has 2 heterocycles. The molecule has 2 aromatic heterocycles. The van der Waals surface area contributed by atoms with Crippen LogP contribution in [0.5, 0.6) is 0 Å². The van der Waals surface area contributed by atoms with Gasteiger partial charge in [-0.2, -0.15) is 0 Å². The summed E-state index contributed by atoms with van der Waals surface area (Å²) in [5, 5.41) is 0.572. The summed E-state index contributed by atoms with van der Waals surface area (Å²) in [6.07, 6.45) is 0.494. The van der Waals surface area contributed by atoms with Crippen LogP contribution in [0.25, 0.3) is 10.2 Å². The zero-order valence-corrected chi connectivity index (χ0v) is 14.5. The predicted molar refractivity (Wildman–Crippen MR) is 88.5 cm³/mol. The van der Waals surface area contributed by atoms with Gasteiger partial charge in [0.1, 0.15) is 16.7 Å². The van der Waals surface area contributed by atoms with Crippen LogP contribution >= 0.6 is 11.3 Å². The Kier molecular flexibility index (Phi) is 5.01. The van der Waals surface area contributed by atoms with Gasteiger partial charge < -0.3 is 4.74 Å². The Bertz CT molecular complexity index is 746. The van der Waals surface area contributed by atoms with Crippen molar-refractivity contribution >= 4 is 27.5 Å². The molecule has 6 heteroatoms. The molecule has 2 aromatic rings. The molecule has 2 rings (SSSR count). The molecule has 0 N–H and O–H groups in total. The standard InChI is InChI=1S/C16H22N2O3S/c1-6-13(16(20)21-8-9(2)3)18-11(5)17-14-12(15(18)19)7-10(4)22-14/h7,9,13H,6,8H2,1-5H3. The summed E-state index contributed by atoms with van der Waals surface area (Å²) >= 11 is 1.49. The summed E-state index contributed by atoms with van der Waals surface area (Å²) in [4.78, 5) is 31.3. The van der Waals surface area contributed by atoms with Gasteiger partial charge in [-0.25, -0.2) is 9.78 Å². The van der Waals surface area contributed by atoms with Gasteiger partial charge in [-0.05, 0) is 32.3 Å². The molecule has 0 saturated heterocycles. The molecule has 0 saturated carbocycles. The van der Waals surface area contributed by atoms with Crippen LogP contribution in [0.1, 0.15) is 43.9 Å². The van der Waals surface area contributed by atoms with E-state index in [1.165, 1.54) is 15.9 Å². The highest BCUT2D eigenvalue weighted by Crippen LogP contribution is 2.22. The van der Waals surface area contributed by atoms with E-state index in [0.717, 1.165) is 9.71 Å². The Morgan fingerprint density at radius 1 is 1.41 bits per heavy atom. The van der Waals surface area contributed by atoms with Crippen molar-refractivity contribution in [2.75, 3.05) is 6.61 Å². The molecule has 1 atom stereocenters. The van der Waals surface area contributed by atoms with Crippen LogP contribution in [-0.4, -0.2) is 22.1 Å². The molecule has 0 aliphatic carbocycles. The maximum absolute atomic E-state index is 12.7. The third-order valence-corrected chi connectivity index (χ3v) is 4.37. The summed E-state index contributed by atoms with van der Waals surface area (Å²) in [6, 6.07) is 1.21. The first-order chi connectivity index (χ1) is 10.3. The van der Waals surface area contributed by atoms with Crippen molar-refractivity contribution in [3.8, 4) is 0 Å². The van der Waals surface area contributed by atoms with Crippen LogP contribution in [0.2, 0.25) is 0 Å². The van der Waals surface area contributed by atoms with Gasteiger partial charge in [-0.15, -0.1) is 11.3 Å². The average molecular weight is 322 g/mol.